The maximum absolute atomic E-state index is 12.5. The van der Waals surface area contributed by atoms with Gasteiger partial charge in [0.2, 0.25) is 0 Å². The lowest BCUT2D eigenvalue weighted by Gasteiger charge is -2.44. The number of nitrogens with zero attached hydrogens (tertiary/aromatic N) is 5. The van der Waals surface area contributed by atoms with Crippen molar-refractivity contribution in [2.75, 3.05) is 72.0 Å². The third-order valence-electron chi connectivity index (χ3n) is 6.13. The molecule has 3 aliphatic rings. The zero-order valence-corrected chi connectivity index (χ0v) is 19.6. The maximum atomic E-state index is 12.5. The Bertz CT molecular complexity index is 751. The first-order valence-electron chi connectivity index (χ1n) is 11.8. The van der Waals surface area contributed by atoms with E-state index in [0.29, 0.717) is 13.1 Å². The highest BCUT2D eigenvalue weighted by Gasteiger charge is 2.35. The fraction of sp³-hybridized carbons (Fsp3) is 0.773. The van der Waals surface area contributed by atoms with Crippen LogP contribution in [0.4, 0.5) is 4.79 Å². The van der Waals surface area contributed by atoms with Gasteiger partial charge in [0.15, 0.2) is 5.82 Å². The fourth-order valence-corrected chi connectivity index (χ4v) is 4.53. The highest BCUT2D eigenvalue weighted by Crippen LogP contribution is 2.26. The molecule has 2 unspecified atom stereocenters. The molecule has 3 aliphatic heterocycles. The van der Waals surface area contributed by atoms with Crippen LogP contribution in [-0.2, 0) is 4.74 Å². The Morgan fingerprint density at radius 1 is 1.03 bits per heavy atom. The maximum Gasteiger partial charge on any atom is 0.410 e. The molecule has 3 fully saturated rings. The number of ether oxygens (including phenoxy) is 1. The van der Waals surface area contributed by atoms with Gasteiger partial charge in [-0.05, 0) is 26.8 Å². The van der Waals surface area contributed by atoms with Gasteiger partial charge in [-0.2, -0.15) is 0 Å². The number of carbonyl (C=O) groups excluding carboxylic acids is 1. The van der Waals surface area contributed by atoms with Crippen LogP contribution in [0.1, 0.15) is 44.5 Å². The summed E-state index contributed by atoms with van der Waals surface area (Å²) in [7, 11) is 0. The third kappa shape index (κ3) is 5.93. The van der Waals surface area contributed by atoms with Gasteiger partial charge in [-0.3, -0.25) is 9.80 Å². The van der Waals surface area contributed by atoms with E-state index in [4.69, 9.17) is 14.7 Å². The Morgan fingerprint density at radius 3 is 2.41 bits per heavy atom. The van der Waals surface area contributed by atoms with E-state index in [2.05, 4.69) is 25.8 Å². The summed E-state index contributed by atoms with van der Waals surface area (Å²) in [5.74, 6) is 0.850. The second-order valence-electron chi connectivity index (χ2n) is 9.71. The van der Waals surface area contributed by atoms with Crippen molar-refractivity contribution >= 4 is 6.09 Å². The van der Waals surface area contributed by atoms with Crippen LogP contribution in [0.25, 0.3) is 0 Å². The summed E-state index contributed by atoms with van der Waals surface area (Å²) in [6.07, 6.45) is 1.67. The van der Waals surface area contributed by atoms with E-state index in [1.165, 1.54) is 0 Å². The Kier molecular flexibility index (Phi) is 7.57. The average molecular weight is 447 g/mol. The summed E-state index contributed by atoms with van der Waals surface area (Å²) in [6, 6.07) is 2.22. The van der Waals surface area contributed by atoms with Crippen LogP contribution in [0.5, 0.6) is 0 Å². The van der Waals surface area contributed by atoms with E-state index in [9.17, 15) is 4.79 Å². The number of hydrogen-bond donors (Lipinski definition) is 3. The SMILES string of the molecule is CC(C)(C)OC(=O)N1CCN(C(c2nccc(C3CNCCN3)n2)N2CCNCC2)CC1. The highest BCUT2D eigenvalue weighted by atomic mass is 16.6. The van der Waals surface area contributed by atoms with E-state index >= 15 is 0 Å². The Morgan fingerprint density at radius 2 is 1.75 bits per heavy atom. The molecule has 32 heavy (non-hydrogen) atoms. The van der Waals surface area contributed by atoms with E-state index in [-0.39, 0.29) is 18.3 Å². The monoisotopic (exact) mass is 446 g/mol. The van der Waals surface area contributed by atoms with Gasteiger partial charge >= 0.3 is 6.09 Å². The molecule has 4 rings (SSSR count). The first kappa shape index (κ1) is 23.3. The molecule has 2 atom stereocenters. The van der Waals surface area contributed by atoms with Gasteiger partial charge in [0.1, 0.15) is 11.8 Å². The first-order chi connectivity index (χ1) is 15.4. The molecule has 1 aromatic rings. The smallest absolute Gasteiger partial charge is 0.410 e. The average Bonchev–Trinajstić information content (AvgIpc) is 2.80. The zero-order chi connectivity index (χ0) is 22.6. The van der Waals surface area contributed by atoms with Gasteiger partial charge in [-0.1, -0.05) is 0 Å². The van der Waals surface area contributed by atoms with Crippen molar-refractivity contribution < 1.29 is 9.53 Å². The molecule has 0 aliphatic carbocycles. The summed E-state index contributed by atoms with van der Waals surface area (Å²) in [6.45, 7) is 15.2. The Hall–Kier alpha value is -1.85. The van der Waals surface area contributed by atoms with Crippen molar-refractivity contribution in [1.29, 1.82) is 0 Å². The van der Waals surface area contributed by atoms with Crippen molar-refractivity contribution in [1.82, 2.24) is 40.6 Å². The molecule has 3 N–H and O–H groups in total. The molecule has 4 heterocycles. The van der Waals surface area contributed by atoms with Gasteiger partial charge in [0.25, 0.3) is 0 Å². The summed E-state index contributed by atoms with van der Waals surface area (Å²) in [5.41, 5.74) is 0.558. The summed E-state index contributed by atoms with van der Waals surface area (Å²) in [4.78, 5) is 28.9. The van der Waals surface area contributed by atoms with Crippen molar-refractivity contribution in [3.8, 4) is 0 Å². The topological polar surface area (TPSA) is 97.9 Å². The van der Waals surface area contributed by atoms with Crippen LogP contribution >= 0.6 is 0 Å². The van der Waals surface area contributed by atoms with Crippen LogP contribution in [0.2, 0.25) is 0 Å². The third-order valence-corrected chi connectivity index (χ3v) is 6.13. The van der Waals surface area contributed by atoms with Crippen LogP contribution < -0.4 is 16.0 Å². The predicted molar refractivity (Wildman–Crippen MR) is 122 cm³/mol. The van der Waals surface area contributed by atoms with Gasteiger partial charge in [0.05, 0.1) is 11.7 Å². The lowest BCUT2D eigenvalue weighted by molar-refractivity contribution is -0.0191. The predicted octanol–water partition coefficient (Wildman–Crippen LogP) is 0.167. The van der Waals surface area contributed by atoms with Crippen LogP contribution in [-0.4, -0.2) is 108 Å². The molecule has 0 saturated carbocycles. The van der Waals surface area contributed by atoms with Crippen molar-refractivity contribution in [3.63, 3.8) is 0 Å². The van der Waals surface area contributed by atoms with Crippen molar-refractivity contribution in [2.45, 2.75) is 38.6 Å². The Labute approximate surface area is 191 Å². The number of piperazine rings is 3. The molecular weight excluding hydrogens is 408 g/mol. The summed E-state index contributed by atoms with van der Waals surface area (Å²) < 4.78 is 5.57. The van der Waals surface area contributed by atoms with E-state index in [1.807, 2.05) is 37.9 Å². The van der Waals surface area contributed by atoms with Crippen molar-refractivity contribution in [2.24, 2.45) is 0 Å². The number of aromatic nitrogens is 2. The number of amides is 1. The highest BCUT2D eigenvalue weighted by molar-refractivity contribution is 5.68. The first-order valence-corrected chi connectivity index (χ1v) is 11.8. The summed E-state index contributed by atoms with van der Waals surface area (Å²) in [5, 5.41) is 10.4. The second-order valence-corrected chi connectivity index (χ2v) is 9.71. The molecule has 1 aromatic heterocycles. The van der Waals surface area contributed by atoms with Crippen LogP contribution in [0.15, 0.2) is 12.3 Å². The molecule has 0 aromatic carbocycles. The minimum absolute atomic E-state index is 0.00869. The van der Waals surface area contributed by atoms with Gasteiger partial charge in [0, 0.05) is 78.2 Å². The normalized spacial score (nSPS) is 24.8. The largest absolute Gasteiger partial charge is 0.444 e. The molecule has 10 nitrogen and oxygen atoms in total. The lowest BCUT2D eigenvalue weighted by atomic mass is 10.1. The standard InChI is InChI=1S/C22H38N8O2/c1-22(2,3)32-21(31)30-14-12-29(13-15-30)20(28-10-8-23-9-11-28)19-26-5-4-17(27-19)18-16-24-6-7-25-18/h4-5,18,20,23-25H,6-16H2,1-3H3. The molecule has 3 saturated heterocycles. The quantitative estimate of drug-likeness (QED) is 0.598. The van der Waals surface area contributed by atoms with E-state index < -0.39 is 5.60 Å². The number of carbonyl (C=O) groups is 1. The number of rotatable bonds is 4. The minimum Gasteiger partial charge on any atom is -0.444 e. The molecular formula is C22H38N8O2. The molecule has 0 radical (unpaired) electrons. The molecule has 0 spiro atoms. The lowest BCUT2D eigenvalue weighted by Crippen LogP contribution is -2.56. The second kappa shape index (κ2) is 10.4. The number of hydrogen-bond acceptors (Lipinski definition) is 9. The van der Waals surface area contributed by atoms with Crippen LogP contribution in [0.3, 0.4) is 0 Å². The van der Waals surface area contributed by atoms with E-state index in [0.717, 1.165) is 70.4 Å². The van der Waals surface area contributed by atoms with Crippen molar-refractivity contribution in [3.05, 3.63) is 23.8 Å². The number of nitrogens with one attached hydrogen (secondary N) is 3. The van der Waals surface area contributed by atoms with Gasteiger partial charge in [-0.15, -0.1) is 0 Å². The van der Waals surface area contributed by atoms with E-state index in [1.54, 1.807) is 0 Å². The molecule has 1 amide bonds. The van der Waals surface area contributed by atoms with Crippen LogP contribution in [0, 0.1) is 0 Å². The summed E-state index contributed by atoms with van der Waals surface area (Å²) >= 11 is 0. The molecule has 10 heteroatoms. The zero-order valence-electron chi connectivity index (χ0n) is 19.6. The fourth-order valence-electron chi connectivity index (χ4n) is 4.53. The molecule has 178 valence electrons. The Balaban J connectivity index is 1.49. The van der Waals surface area contributed by atoms with Gasteiger partial charge in [-0.25, -0.2) is 14.8 Å². The van der Waals surface area contributed by atoms with Gasteiger partial charge < -0.3 is 25.6 Å². The minimum atomic E-state index is -0.478. The molecule has 0 bridgehead atoms.